The maximum atomic E-state index is 14.3. The number of hydrogen-bond donors (Lipinski definition) is 9. The molecule has 35 nitrogen and oxygen atoms in total. The van der Waals surface area contributed by atoms with Gasteiger partial charge in [-0.15, -0.1) is 0 Å². The molecule has 6 aliphatic heterocycles. The van der Waals surface area contributed by atoms with Crippen molar-refractivity contribution in [2.24, 2.45) is 23.7 Å². The number of hydrogen-bond acceptors (Lipinski definition) is 22. The van der Waals surface area contributed by atoms with E-state index in [0.717, 1.165) is 155 Å². The molecule has 0 bridgehead atoms. The third-order valence-corrected chi connectivity index (χ3v) is 26.6. The van der Waals surface area contributed by atoms with Gasteiger partial charge in [-0.1, -0.05) is 125 Å². The molecule has 0 spiro atoms. The number of benzene rings is 8. The second-order valence-electron chi connectivity index (χ2n) is 37.6. The lowest BCUT2D eigenvalue weighted by Gasteiger charge is -2.32. The normalized spacial score (nSPS) is 19.5. The third-order valence-electron chi connectivity index (χ3n) is 26.6. The summed E-state index contributed by atoms with van der Waals surface area (Å²) in [5.41, 5.74) is 13.7. The molecule has 138 heavy (non-hydrogen) atoms. The van der Waals surface area contributed by atoms with Crippen molar-refractivity contribution in [2.45, 2.75) is 180 Å². The molecule has 12 atom stereocenters. The van der Waals surface area contributed by atoms with Crippen LogP contribution in [0.5, 0.6) is 11.5 Å². The lowest BCUT2D eigenvalue weighted by atomic mass is 9.92. The Hall–Kier alpha value is -14.6. The molecule has 0 saturated carbocycles. The molecular weight excluding hydrogens is 1770 g/mol. The van der Waals surface area contributed by atoms with E-state index in [4.69, 9.17) is 62.9 Å². The number of carboxylic acid groups (broad SMARTS) is 1. The number of alkyl carbamates (subject to hydrolysis) is 4. The topological polar surface area (TPSA) is 433 Å². The number of amides is 8. The second kappa shape index (κ2) is 41.1. The van der Waals surface area contributed by atoms with Crippen LogP contribution in [-0.4, -0.2) is 217 Å². The summed E-state index contributed by atoms with van der Waals surface area (Å²) in [5, 5.41) is 23.3. The van der Waals surface area contributed by atoms with Crippen LogP contribution in [0, 0.1) is 23.7 Å². The predicted octanol–water partition coefficient (Wildman–Crippen LogP) is 16.9. The van der Waals surface area contributed by atoms with Gasteiger partial charge >= 0.3 is 36.4 Å². The first-order valence-corrected chi connectivity index (χ1v) is 46.5. The number of nitrogens with zero attached hydrogens (tertiary/aromatic N) is 8. The molecule has 18 rings (SSSR count). The van der Waals surface area contributed by atoms with Crippen LogP contribution in [-0.2, 0) is 65.5 Å². The molecule has 9 N–H and O–H groups in total. The van der Waals surface area contributed by atoms with Gasteiger partial charge in [-0.2, -0.15) is 0 Å². The number of aliphatic carboxylic acids is 1. The highest BCUT2D eigenvalue weighted by Gasteiger charge is 2.47. The summed E-state index contributed by atoms with van der Waals surface area (Å²) >= 11 is 0. The number of aromatic amines is 4. The maximum absolute atomic E-state index is 14.3. The van der Waals surface area contributed by atoms with Gasteiger partial charge in [0, 0.05) is 73.1 Å². The lowest BCUT2D eigenvalue weighted by molar-refractivity contribution is -0.140. The van der Waals surface area contributed by atoms with Crippen LogP contribution in [0.15, 0.2) is 158 Å². The first-order valence-electron chi connectivity index (χ1n) is 46.5. The summed E-state index contributed by atoms with van der Waals surface area (Å²) in [6, 6.07) is 42.1. The van der Waals surface area contributed by atoms with Gasteiger partial charge < -0.3 is 104 Å². The molecule has 724 valence electrons. The number of carbonyl (C=O) groups excluding carboxylic acids is 8. The number of H-pyrrole nitrogens is 4. The summed E-state index contributed by atoms with van der Waals surface area (Å²) in [5.74, 6) is 2.60. The molecule has 3 unspecified atom stereocenters. The smallest absolute Gasteiger partial charge is 0.410 e. The van der Waals surface area contributed by atoms with E-state index in [1.807, 2.05) is 121 Å². The Morgan fingerprint density at radius 2 is 0.877 bits per heavy atom. The lowest BCUT2D eigenvalue weighted by Crippen LogP contribution is -2.52. The van der Waals surface area contributed by atoms with Gasteiger partial charge in [0.2, 0.25) is 11.8 Å². The van der Waals surface area contributed by atoms with Crippen molar-refractivity contribution in [2.75, 3.05) is 69.0 Å². The first-order chi connectivity index (χ1) is 66.3. The monoisotopic (exact) mass is 1880 g/mol. The van der Waals surface area contributed by atoms with Gasteiger partial charge in [-0.05, 0) is 189 Å². The van der Waals surface area contributed by atoms with E-state index < -0.39 is 60.1 Å². The van der Waals surface area contributed by atoms with Crippen LogP contribution in [0.1, 0.15) is 183 Å². The van der Waals surface area contributed by atoms with Crippen molar-refractivity contribution in [3.05, 3.63) is 204 Å². The zero-order chi connectivity index (χ0) is 97.8. The van der Waals surface area contributed by atoms with Crippen molar-refractivity contribution >= 4 is 97.8 Å². The molecular formula is C103H118N16O19. The highest BCUT2D eigenvalue weighted by molar-refractivity contribution is 6.09. The van der Waals surface area contributed by atoms with Gasteiger partial charge in [-0.25, -0.2) is 48.7 Å². The Bertz CT molecular complexity index is 6550. The van der Waals surface area contributed by atoms with E-state index in [1.54, 1.807) is 60.5 Å². The Labute approximate surface area is 797 Å². The minimum Gasteiger partial charge on any atom is -0.488 e. The summed E-state index contributed by atoms with van der Waals surface area (Å²) in [6.45, 7) is 20.1. The molecule has 6 aliphatic rings. The molecule has 4 fully saturated rings. The first kappa shape index (κ1) is 96.5. The Morgan fingerprint density at radius 1 is 0.464 bits per heavy atom. The number of imidazole rings is 4. The van der Waals surface area contributed by atoms with E-state index >= 15 is 0 Å². The highest BCUT2D eigenvalue weighted by atomic mass is 16.6. The predicted molar refractivity (Wildman–Crippen MR) is 514 cm³/mol. The fraction of sp³-hybridized carbons (Fsp3) is 0.408. The van der Waals surface area contributed by atoms with E-state index in [9.17, 15) is 43.2 Å². The molecule has 4 aromatic heterocycles. The Balaban J connectivity index is 0.000000174. The number of carboxylic acids is 1. The minimum atomic E-state index is -1.13. The van der Waals surface area contributed by atoms with Crippen molar-refractivity contribution in [3.8, 4) is 56.3 Å². The Kier molecular flexibility index (Phi) is 28.8. The summed E-state index contributed by atoms with van der Waals surface area (Å²) in [7, 11) is 8.38. The number of ether oxygens (including phenoxy) is 9. The second-order valence-corrected chi connectivity index (χ2v) is 37.6. The standard InChI is InChI=1S/C49H54N8O8.C44H53N7O7.C10H11NO4/c1-26(2)41(54-48(60)63-5)47(59)57-27(3)12-17-38(57)45-51-36-16-14-30-20-35-33-15-13-31(19-32(33)25-65-40(35)21-34(30)43(36)53-45)37-22-50-44(52-37)39-18-28(24-62-4)23-56(39)46(58)42(55-49(61)64-6)29-10-8-7-9-11-29;1-23(2)37(49-42(53)56-8)41(52)51-24(3)9-14-34(51)40-46-32-13-11-26-17-31-29-12-10-27(16-28(29)22-57-36(31)18-30(26)38(32)48-40)33-19-45-39(47-33)35-15-25(21-55-7)20-50(35)43(54)58-44(4,5)6;1-15-10(14)11-8(9(12)13)7-5-3-2-4-6-7/h7-11,13-16,19-22,26-28,38-39,41-42H,12,17-18,23-25H2,1-6H3,(H,50,52)(H,51,53)(H,54,60)(H,55,61);10-13,16-19,23-25,34-35,37H,9,14-15,20-22H2,1-8H3,(H,45,47)(H,46,48)(H,49,53);2-6,8H,1H3,(H,11,14)(H,12,13)/t27-,28-,38?,39?,41-,42-;24-,25-,34-,35?,37-;8-/m000/s1. The van der Waals surface area contributed by atoms with Crippen LogP contribution >= 0.6 is 0 Å². The molecule has 0 aliphatic carbocycles. The summed E-state index contributed by atoms with van der Waals surface area (Å²) in [4.78, 5) is 155. The number of carbonyl (C=O) groups is 9. The van der Waals surface area contributed by atoms with Gasteiger partial charge in [0.1, 0.15) is 71.7 Å². The summed E-state index contributed by atoms with van der Waals surface area (Å²) < 4.78 is 48.5. The van der Waals surface area contributed by atoms with E-state index in [2.05, 4.69) is 119 Å². The molecule has 8 amide bonds. The SMILES string of the molecule is COC(=O)N[C@H](C(=O)O)c1ccccc1.COC[C@H]1CC(c2ncc(-c3ccc4c(c3)COc3cc5c(ccc6[nH]c(C7CC[C@H](C)N7C(=O)[C@@H](NC(=O)OC)C(C)C)nc65)cc3-4)[nH]2)N(C(=O)[C@@H](NC(=O)OC)c2ccccc2)C1.COC[C@H]1CC(c2ncc(-c3ccc4c(c3)COc3cc5c(ccc6[nH]c([C@@H]7CC[C@H](C)N7C(=O)[C@@H](NC(=O)OC)C(C)C)nc65)cc3-4)[nH]2)N(C(=O)OC(C)(C)C)C1. The van der Waals surface area contributed by atoms with Crippen molar-refractivity contribution in [1.82, 2.24) is 80.7 Å². The molecule has 12 aromatic rings. The number of likely N-dealkylation sites (tertiary alicyclic amines) is 4. The highest BCUT2D eigenvalue weighted by Crippen LogP contribution is 2.48. The van der Waals surface area contributed by atoms with Crippen molar-refractivity contribution in [3.63, 3.8) is 0 Å². The van der Waals surface area contributed by atoms with E-state index in [0.29, 0.717) is 68.7 Å². The number of nitrogens with one attached hydrogen (secondary N) is 8. The van der Waals surface area contributed by atoms with Gasteiger partial charge in [0.15, 0.2) is 6.04 Å². The van der Waals surface area contributed by atoms with Crippen molar-refractivity contribution in [1.29, 1.82) is 0 Å². The van der Waals surface area contributed by atoms with Gasteiger partial charge in [0.25, 0.3) is 5.91 Å². The molecule has 10 heterocycles. The van der Waals surface area contributed by atoms with Crippen LogP contribution < -0.4 is 30.7 Å². The molecule has 35 heteroatoms. The summed E-state index contributed by atoms with van der Waals surface area (Å²) in [6.07, 6.45) is 5.02. The van der Waals surface area contributed by atoms with Crippen LogP contribution in [0.4, 0.5) is 24.0 Å². The van der Waals surface area contributed by atoms with E-state index in [1.165, 1.54) is 28.4 Å². The van der Waals surface area contributed by atoms with Gasteiger partial charge in [-0.3, -0.25) is 19.3 Å². The number of methoxy groups -OCH3 is 6. The van der Waals surface area contributed by atoms with Crippen LogP contribution in [0.25, 0.3) is 88.4 Å². The quantitative estimate of drug-likeness (QED) is 0.0285. The molecule has 0 radical (unpaired) electrons. The largest absolute Gasteiger partial charge is 0.488 e. The van der Waals surface area contributed by atoms with E-state index in [-0.39, 0.29) is 83.7 Å². The van der Waals surface area contributed by atoms with Gasteiger partial charge in [0.05, 0.1) is 112 Å². The number of fused-ring (bicyclic) bond motifs is 12. The zero-order valence-corrected chi connectivity index (χ0v) is 80.0. The van der Waals surface area contributed by atoms with Crippen LogP contribution in [0.3, 0.4) is 0 Å². The fourth-order valence-electron chi connectivity index (χ4n) is 19.8. The average Bonchev–Trinajstić information content (AvgIpc) is 1.47. The number of rotatable bonds is 22. The maximum Gasteiger partial charge on any atom is 0.410 e. The van der Waals surface area contributed by atoms with Crippen LogP contribution in [0.2, 0.25) is 0 Å². The third kappa shape index (κ3) is 20.3. The minimum absolute atomic E-state index is 0.0184. The number of aromatic nitrogens is 8. The van der Waals surface area contributed by atoms with Crippen molar-refractivity contribution < 1.29 is 90.9 Å². The average molecular weight is 1880 g/mol. The molecule has 8 aromatic carbocycles. The fourth-order valence-corrected chi connectivity index (χ4v) is 19.8. The zero-order valence-electron chi connectivity index (χ0n) is 80.0. The molecule has 4 saturated heterocycles. The Morgan fingerprint density at radius 3 is 1.29 bits per heavy atom.